The molecule has 0 bridgehead atoms. The van der Waals surface area contributed by atoms with Crippen molar-refractivity contribution in [1.82, 2.24) is 10.8 Å². The second kappa shape index (κ2) is 6.02. The average Bonchev–Trinajstić information content (AvgIpc) is 2.63. The van der Waals surface area contributed by atoms with Crippen molar-refractivity contribution in [2.24, 2.45) is 4.99 Å². The zero-order valence-electron chi connectivity index (χ0n) is 10.1. The van der Waals surface area contributed by atoms with Gasteiger partial charge in [-0.3, -0.25) is 10.6 Å². The van der Waals surface area contributed by atoms with Gasteiger partial charge in [0.25, 0.3) is 0 Å². The summed E-state index contributed by atoms with van der Waals surface area (Å²) in [6.07, 6.45) is -4.31. The van der Waals surface area contributed by atoms with E-state index in [-0.39, 0.29) is 0 Å². The quantitative estimate of drug-likeness (QED) is 0.186. The van der Waals surface area contributed by atoms with Crippen molar-refractivity contribution in [2.75, 3.05) is 6.61 Å². The second-order valence-electron chi connectivity index (χ2n) is 4.14. The zero-order chi connectivity index (χ0) is 14.6. The minimum Gasteiger partial charge on any atom is -0.393 e. The fourth-order valence-electron chi connectivity index (χ4n) is 1.51. The molecule has 1 rings (SSSR count). The number of aliphatic imine (C=N–C) groups is 1. The van der Waals surface area contributed by atoms with Gasteiger partial charge in [0, 0.05) is 0 Å². The number of nitrogens with one attached hydrogen (secondary N) is 4. The molecular formula is C9H16FN5O4. The van der Waals surface area contributed by atoms with Crippen LogP contribution in [0.2, 0.25) is 0 Å². The van der Waals surface area contributed by atoms with Crippen LogP contribution < -0.4 is 10.8 Å². The highest BCUT2D eigenvalue weighted by Gasteiger charge is 2.52. The van der Waals surface area contributed by atoms with Crippen molar-refractivity contribution in [1.29, 1.82) is 10.8 Å². The van der Waals surface area contributed by atoms with Crippen LogP contribution in [0.5, 0.6) is 0 Å². The van der Waals surface area contributed by atoms with E-state index in [4.69, 9.17) is 25.9 Å². The highest BCUT2D eigenvalue weighted by molar-refractivity contribution is 6.30. The third kappa shape index (κ3) is 3.23. The topological polar surface area (TPSA) is 154 Å². The van der Waals surface area contributed by atoms with E-state index >= 15 is 0 Å². The number of hydrogen-bond acceptors (Lipinski definition) is 7. The number of hydroxylamine groups is 1. The first kappa shape index (κ1) is 15.4. The first-order valence-corrected chi connectivity index (χ1v) is 5.32. The Morgan fingerprint density at radius 3 is 2.68 bits per heavy atom. The molecule has 0 aromatic carbocycles. The molecule has 9 nitrogen and oxygen atoms in total. The predicted molar refractivity (Wildman–Crippen MR) is 63.3 cm³/mol. The van der Waals surface area contributed by atoms with Crippen LogP contribution in [-0.4, -0.2) is 64.1 Å². The van der Waals surface area contributed by atoms with Crippen molar-refractivity contribution in [3.8, 4) is 0 Å². The molecule has 0 radical (unpaired) electrons. The van der Waals surface area contributed by atoms with E-state index in [0.29, 0.717) is 6.21 Å². The molecule has 1 aliphatic rings. The number of amidine groups is 1. The average molecular weight is 277 g/mol. The van der Waals surface area contributed by atoms with Crippen molar-refractivity contribution in [3.63, 3.8) is 0 Å². The lowest BCUT2D eigenvalue weighted by atomic mass is 9.99. The Morgan fingerprint density at radius 1 is 1.63 bits per heavy atom. The van der Waals surface area contributed by atoms with Crippen LogP contribution in [0.3, 0.4) is 0 Å². The molecule has 0 saturated carbocycles. The fraction of sp³-hybridized carbons (Fsp3) is 0.667. The van der Waals surface area contributed by atoms with Gasteiger partial charge in [0.05, 0.1) is 12.8 Å². The Labute approximate surface area is 108 Å². The van der Waals surface area contributed by atoms with E-state index in [9.17, 15) is 9.50 Å². The molecule has 1 saturated heterocycles. The van der Waals surface area contributed by atoms with Gasteiger partial charge in [-0.25, -0.2) is 14.9 Å². The highest BCUT2D eigenvalue weighted by atomic mass is 19.1. The van der Waals surface area contributed by atoms with Crippen LogP contribution in [0.25, 0.3) is 0 Å². The van der Waals surface area contributed by atoms with E-state index < -0.39 is 42.5 Å². The Balaban J connectivity index is 2.85. The van der Waals surface area contributed by atoms with Crippen LogP contribution in [0.1, 0.15) is 6.92 Å². The molecular weight excluding hydrogens is 261 g/mol. The van der Waals surface area contributed by atoms with Gasteiger partial charge in [0.2, 0.25) is 5.96 Å². The third-order valence-electron chi connectivity index (χ3n) is 2.66. The second-order valence-corrected chi connectivity index (χ2v) is 4.14. The van der Waals surface area contributed by atoms with Gasteiger partial charge in [0.1, 0.15) is 17.5 Å². The van der Waals surface area contributed by atoms with Gasteiger partial charge in [-0.05, 0) is 6.92 Å². The van der Waals surface area contributed by atoms with Crippen LogP contribution in [0.4, 0.5) is 4.39 Å². The maximum atomic E-state index is 13.8. The van der Waals surface area contributed by atoms with Crippen LogP contribution >= 0.6 is 0 Å². The van der Waals surface area contributed by atoms with Gasteiger partial charge >= 0.3 is 0 Å². The Kier molecular flexibility index (Phi) is 4.89. The molecule has 4 atom stereocenters. The number of guanidine groups is 1. The number of rotatable bonds is 3. The van der Waals surface area contributed by atoms with Gasteiger partial charge in [-0.2, -0.15) is 0 Å². The molecule has 108 valence electrons. The first-order valence-electron chi connectivity index (χ1n) is 5.32. The minimum absolute atomic E-state index is 0.404. The van der Waals surface area contributed by atoms with E-state index in [0.717, 1.165) is 0 Å². The maximum Gasteiger partial charge on any atom is 0.223 e. The number of nitrogens with zero attached hydrogens (tertiary/aromatic N) is 1. The SMILES string of the molecule is C[C@]1(CO)O[C@@H](N=C(NO)NC(=N)C=N)[C@H](F)[C@@H]1O. The van der Waals surface area contributed by atoms with Crippen molar-refractivity contribution >= 4 is 18.0 Å². The Bertz CT molecular complexity index is 393. The molecule has 0 spiro atoms. The summed E-state index contributed by atoms with van der Waals surface area (Å²) in [6, 6.07) is 0. The minimum atomic E-state index is -1.91. The number of ether oxygens (including phenoxy) is 1. The smallest absolute Gasteiger partial charge is 0.223 e. The fourth-order valence-corrected chi connectivity index (χ4v) is 1.51. The van der Waals surface area contributed by atoms with Gasteiger partial charge in [-0.1, -0.05) is 0 Å². The van der Waals surface area contributed by atoms with E-state index in [1.54, 1.807) is 5.48 Å². The van der Waals surface area contributed by atoms with Gasteiger partial charge in [0.15, 0.2) is 12.4 Å². The van der Waals surface area contributed by atoms with Crippen molar-refractivity contribution in [2.45, 2.75) is 31.0 Å². The summed E-state index contributed by atoms with van der Waals surface area (Å²) in [5, 5.41) is 43.5. The van der Waals surface area contributed by atoms with Crippen LogP contribution in [0, 0.1) is 10.8 Å². The van der Waals surface area contributed by atoms with Crippen LogP contribution in [0.15, 0.2) is 4.99 Å². The number of aliphatic hydroxyl groups excluding tert-OH is 2. The monoisotopic (exact) mass is 277 g/mol. The molecule has 1 heterocycles. The zero-order valence-corrected chi connectivity index (χ0v) is 10.1. The molecule has 0 amide bonds. The number of aliphatic hydroxyl groups is 2. The van der Waals surface area contributed by atoms with E-state index in [2.05, 4.69) is 10.3 Å². The molecule has 0 aromatic rings. The van der Waals surface area contributed by atoms with Crippen molar-refractivity contribution < 1.29 is 24.5 Å². The maximum absolute atomic E-state index is 13.8. The normalized spacial score (nSPS) is 35.0. The molecule has 7 N–H and O–H groups in total. The lowest BCUT2D eigenvalue weighted by Gasteiger charge is -2.23. The van der Waals surface area contributed by atoms with Gasteiger partial charge < -0.3 is 25.7 Å². The predicted octanol–water partition coefficient (Wildman–Crippen LogP) is -1.66. The van der Waals surface area contributed by atoms with Crippen LogP contribution in [-0.2, 0) is 4.74 Å². The number of alkyl halides is 1. The first-order chi connectivity index (χ1) is 8.87. The summed E-state index contributed by atoms with van der Waals surface area (Å²) in [5.41, 5.74) is 0.0820. The summed E-state index contributed by atoms with van der Waals surface area (Å²) in [7, 11) is 0. The molecule has 10 heteroatoms. The van der Waals surface area contributed by atoms with E-state index in [1.807, 2.05) is 0 Å². The highest BCUT2D eigenvalue weighted by Crippen LogP contribution is 2.33. The molecule has 19 heavy (non-hydrogen) atoms. The lowest BCUT2D eigenvalue weighted by Crippen LogP contribution is -2.42. The van der Waals surface area contributed by atoms with E-state index in [1.165, 1.54) is 6.92 Å². The molecule has 0 unspecified atom stereocenters. The summed E-state index contributed by atoms with van der Waals surface area (Å²) in [5.74, 6) is -0.824. The van der Waals surface area contributed by atoms with Crippen molar-refractivity contribution in [3.05, 3.63) is 0 Å². The summed E-state index contributed by atoms with van der Waals surface area (Å²) in [4.78, 5) is 3.59. The number of hydrogen-bond donors (Lipinski definition) is 7. The standard InChI is InChI=1S/C9H16FN5O4/c1-9(3-16)6(17)5(10)7(19-9)14-8(15-18)13-4(12)2-11/h2,5-7,11,16-18H,3H2,1H3,(H3,12,13,14,15)/t5-,6+,7-,9-/m1/s1. The lowest BCUT2D eigenvalue weighted by molar-refractivity contribution is -0.0967. The molecule has 1 fully saturated rings. The Morgan fingerprint density at radius 2 is 2.26 bits per heavy atom. The third-order valence-corrected chi connectivity index (χ3v) is 2.66. The number of halogens is 1. The summed E-state index contributed by atoms with van der Waals surface area (Å²) in [6.45, 7) is 0.713. The molecule has 1 aliphatic heterocycles. The molecule has 0 aromatic heterocycles. The molecule has 0 aliphatic carbocycles. The Hall–Kier alpha value is -1.62. The largest absolute Gasteiger partial charge is 0.393 e. The summed E-state index contributed by atoms with van der Waals surface area (Å²) >= 11 is 0. The summed E-state index contributed by atoms with van der Waals surface area (Å²) < 4.78 is 18.8. The van der Waals surface area contributed by atoms with Gasteiger partial charge in [-0.15, -0.1) is 0 Å².